The van der Waals surface area contributed by atoms with Gasteiger partial charge in [0, 0.05) is 58.5 Å². The van der Waals surface area contributed by atoms with Crippen LogP contribution in [-0.2, 0) is 0 Å². The van der Waals surface area contributed by atoms with E-state index in [1.807, 2.05) is 48.5 Å². The minimum Gasteiger partial charge on any atom is -0.355 e. The van der Waals surface area contributed by atoms with E-state index in [2.05, 4.69) is 101 Å². The molecule has 2 aromatic carbocycles. The number of aromatic nitrogens is 2. The van der Waals surface area contributed by atoms with Gasteiger partial charge in [0.05, 0.1) is 11.4 Å². The highest BCUT2D eigenvalue weighted by Crippen LogP contribution is 2.24. The third kappa shape index (κ3) is 7.19. The van der Waals surface area contributed by atoms with Crippen LogP contribution in [0.25, 0.3) is 0 Å². The molecule has 0 amide bonds. The van der Waals surface area contributed by atoms with Crippen molar-refractivity contribution in [1.29, 1.82) is 0 Å². The number of benzene rings is 2. The summed E-state index contributed by atoms with van der Waals surface area (Å²) in [7, 11) is 0. The molecule has 2 heterocycles. The van der Waals surface area contributed by atoms with Crippen molar-refractivity contribution in [2.45, 2.75) is 22.7 Å². The van der Waals surface area contributed by atoms with E-state index in [0.717, 1.165) is 45.6 Å². The van der Waals surface area contributed by atoms with Crippen molar-refractivity contribution in [2.24, 2.45) is 0 Å². The van der Waals surface area contributed by atoms with Crippen LogP contribution in [0, 0.1) is 0 Å². The molecule has 0 fully saturated rings. The number of pyridine rings is 2. The SMILES string of the molecule is Clc1ccc(Nc2cc[n+](C(Br)CCC(Br)[n+]3ccc(Nc4ccc(Cl)cc4)cc3)cc2)cc1. The van der Waals surface area contributed by atoms with Crippen LogP contribution in [0.4, 0.5) is 22.7 Å². The summed E-state index contributed by atoms with van der Waals surface area (Å²) in [6.07, 6.45) is 10.2. The number of nitrogens with one attached hydrogen (secondary N) is 2. The fourth-order valence-corrected chi connectivity index (χ4v) is 4.72. The van der Waals surface area contributed by atoms with Gasteiger partial charge in [-0.15, -0.1) is 0 Å². The molecule has 0 aliphatic carbocycles. The van der Waals surface area contributed by atoms with Crippen LogP contribution in [0.3, 0.4) is 0 Å². The molecule has 0 bridgehead atoms. The van der Waals surface area contributed by atoms with Gasteiger partial charge in [0.15, 0.2) is 24.8 Å². The number of rotatable bonds is 9. The molecule has 174 valence electrons. The zero-order chi connectivity index (χ0) is 23.9. The van der Waals surface area contributed by atoms with E-state index >= 15 is 0 Å². The lowest BCUT2D eigenvalue weighted by Gasteiger charge is -2.10. The van der Waals surface area contributed by atoms with Gasteiger partial charge in [-0.2, -0.15) is 9.13 Å². The Kier molecular flexibility index (Phi) is 8.84. The first kappa shape index (κ1) is 25.0. The van der Waals surface area contributed by atoms with Crippen LogP contribution in [0.5, 0.6) is 0 Å². The van der Waals surface area contributed by atoms with Crippen molar-refractivity contribution >= 4 is 77.8 Å². The second-order valence-electron chi connectivity index (χ2n) is 7.78. The van der Waals surface area contributed by atoms with Crippen LogP contribution >= 0.6 is 55.1 Å². The molecule has 2 aromatic heterocycles. The summed E-state index contributed by atoms with van der Waals surface area (Å²) >= 11 is 19.5. The molecule has 4 aromatic rings. The third-order valence-corrected chi connectivity index (χ3v) is 7.63. The number of alkyl halides is 2. The summed E-state index contributed by atoms with van der Waals surface area (Å²) in [5, 5.41) is 8.22. The Morgan fingerprint density at radius 1 is 0.529 bits per heavy atom. The number of hydrogen-bond acceptors (Lipinski definition) is 2. The summed E-state index contributed by atoms with van der Waals surface area (Å²) in [6.45, 7) is 0. The molecule has 8 heteroatoms. The van der Waals surface area contributed by atoms with Gasteiger partial charge in [0.2, 0.25) is 9.90 Å². The topological polar surface area (TPSA) is 31.8 Å². The quantitative estimate of drug-likeness (QED) is 0.145. The number of halogens is 4. The van der Waals surface area contributed by atoms with Crippen LogP contribution < -0.4 is 19.8 Å². The van der Waals surface area contributed by atoms with E-state index in [1.165, 1.54) is 0 Å². The van der Waals surface area contributed by atoms with E-state index in [-0.39, 0.29) is 9.90 Å². The lowest BCUT2D eigenvalue weighted by Crippen LogP contribution is -2.38. The largest absolute Gasteiger partial charge is 0.355 e. The molecule has 2 atom stereocenters. The molecule has 4 rings (SSSR count). The lowest BCUT2D eigenvalue weighted by molar-refractivity contribution is -0.709. The fourth-order valence-electron chi connectivity index (χ4n) is 3.39. The second kappa shape index (κ2) is 12.0. The van der Waals surface area contributed by atoms with Crippen molar-refractivity contribution in [1.82, 2.24) is 0 Å². The minimum absolute atomic E-state index is 0.198. The summed E-state index contributed by atoms with van der Waals surface area (Å²) in [5.41, 5.74) is 4.07. The Labute approximate surface area is 226 Å². The standard InChI is InChI=1S/C26H22Br2Cl2N4/c27-25(33-15-11-23(12-16-33)31-21-5-1-19(29)2-6-21)9-10-26(28)34-17-13-24(14-18-34)32-22-7-3-20(30)4-8-22/h1-8,11-18,25-26H,9-10H2/p+2. The normalized spacial score (nSPS) is 12.7. The van der Waals surface area contributed by atoms with E-state index in [4.69, 9.17) is 23.2 Å². The average Bonchev–Trinajstić information content (AvgIpc) is 2.86. The fraction of sp³-hybridized carbons (Fsp3) is 0.154. The first-order valence-electron chi connectivity index (χ1n) is 10.8. The summed E-state index contributed by atoms with van der Waals surface area (Å²) in [5.74, 6) is 0. The van der Waals surface area contributed by atoms with Gasteiger partial charge in [-0.05, 0) is 80.4 Å². The van der Waals surface area contributed by atoms with E-state index in [1.54, 1.807) is 0 Å². The number of anilines is 4. The van der Waals surface area contributed by atoms with Crippen molar-refractivity contribution in [3.05, 3.63) is 108 Å². The first-order chi connectivity index (χ1) is 16.5. The highest BCUT2D eigenvalue weighted by Gasteiger charge is 2.20. The zero-order valence-corrected chi connectivity index (χ0v) is 22.9. The molecule has 0 aliphatic rings. The lowest BCUT2D eigenvalue weighted by atomic mass is 10.2. The van der Waals surface area contributed by atoms with Crippen LogP contribution in [0.15, 0.2) is 97.6 Å². The summed E-state index contributed by atoms with van der Waals surface area (Å²) in [4.78, 5) is 0.396. The van der Waals surface area contributed by atoms with Gasteiger partial charge in [-0.25, -0.2) is 0 Å². The van der Waals surface area contributed by atoms with Crippen LogP contribution in [-0.4, -0.2) is 0 Å². The van der Waals surface area contributed by atoms with Gasteiger partial charge >= 0.3 is 0 Å². The predicted molar refractivity (Wildman–Crippen MR) is 148 cm³/mol. The maximum absolute atomic E-state index is 5.95. The minimum atomic E-state index is 0.198. The van der Waals surface area contributed by atoms with Gasteiger partial charge < -0.3 is 10.6 Å². The van der Waals surface area contributed by atoms with Crippen molar-refractivity contribution in [2.75, 3.05) is 10.6 Å². The maximum atomic E-state index is 5.95. The molecule has 0 saturated carbocycles. The molecule has 2 N–H and O–H groups in total. The number of hydrogen-bond donors (Lipinski definition) is 2. The Hall–Kier alpha value is -2.12. The van der Waals surface area contributed by atoms with Crippen LogP contribution in [0.1, 0.15) is 22.7 Å². The Morgan fingerprint density at radius 3 is 1.15 bits per heavy atom. The molecular weight excluding hydrogens is 599 g/mol. The van der Waals surface area contributed by atoms with Crippen molar-refractivity contribution < 1.29 is 9.13 Å². The zero-order valence-electron chi connectivity index (χ0n) is 18.2. The van der Waals surface area contributed by atoms with E-state index in [0.29, 0.717) is 0 Å². The second-order valence-corrected chi connectivity index (χ2v) is 10.8. The molecule has 0 aliphatic heterocycles. The molecule has 4 nitrogen and oxygen atoms in total. The van der Waals surface area contributed by atoms with E-state index < -0.39 is 0 Å². The van der Waals surface area contributed by atoms with Crippen molar-refractivity contribution in [3.8, 4) is 0 Å². The Morgan fingerprint density at radius 2 is 0.824 bits per heavy atom. The van der Waals surface area contributed by atoms with Crippen molar-refractivity contribution in [3.63, 3.8) is 0 Å². The Balaban J connectivity index is 1.27. The number of nitrogens with zero attached hydrogens (tertiary/aromatic N) is 2. The van der Waals surface area contributed by atoms with Gasteiger partial charge in [0.25, 0.3) is 0 Å². The highest BCUT2D eigenvalue weighted by molar-refractivity contribution is 9.09. The molecule has 0 saturated heterocycles. The average molecular weight is 623 g/mol. The van der Waals surface area contributed by atoms with Gasteiger partial charge in [-0.3, -0.25) is 0 Å². The molecule has 0 spiro atoms. The van der Waals surface area contributed by atoms with Gasteiger partial charge in [0.1, 0.15) is 0 Å². The summed E-state index contributed by atoms with van der Waals surface area (Å²) < 4.78 is 4.33. The predicted octanol–water partition coefficient (Wildman–Crippen LogP) is 8.32. The monoisotopic (exact) mass is 620 g/mol. The maximum Gasteiger partial charge on any atom is 0.212 e. The Bertz CT molecular complexity index is 1090. The first-order valence-corrected chi connectivity index (χ1v) is 13.4. The highest BCUT2D eigenvalue weighted by atomic mass is 79.9. The molecule has 34 heavy (non-hydrogen) atoms. The smallest absolute Gasteiger partial charge is 0.212 e. The summed E-state index contributed by atoms with van der Waals surface area (Å²) in [6, 6.07) is 23.6. The van der Waals surface area contributed by atoms with Gasteiger partial charge in [-0.1, -0.05) is 23.2 Å². The molecule has 2 unspecified atom stereocenters. The molecular formula is C26H24Br2Cl2N4+2. The molecule has 0 radical (unpaired) electrons. The van der Waals surface area contributed by atoms with E-state index in [9.17, 15) is 0 Å². The van der Waals surface area contributed by atoms with Crippen LogP contribution in [0.2, 0.25) is 10.0 Å². The third-order valence-electron chi connectivity index (χ3n) is 5.26.